The molecular weight excluding hydrogens is 845 g/mol. The predicted octanol–water partition coefficient (Wildman–Crippen LogP) is 8.52. The molecule has 1 aliphatic rings. The molecule has 17 heteroatoms. The molecule has 5 N–H and O–H groups in total. The second-order valence-corrected chi connectivity index (χ2v) is 17.1. The molecule has 0 bridgehead atoms. The molecule has 1 fully saturated rings. The van der Waals surface area contributed by atoms with Gasteiger partial charge in [0.1, 0.15) is 5.65 Å². The highest BCUT2D eigenvalue weighted by Gasteiger charge is 2.21. The van der Waals surface area contributed by atoms with Crippen LogP contribution in [0.2, 0.25) is 0 Å². The lowest BCUT2D eigenvalue weighted by atomic mass is 10.1. The number of azo groups is 1. The Morgan fingerprint density at radius 2 is 1.62 bits per heavy atom. The minimum Gasteiger partial charge on any atom is -0.384 e. The van der Waals surface area contributed by atoms with Gasteiger partial charge in [0.15, 0.2) is 5.69 Å². The number of H-pyrrole nitrogens is 1. The first-order valence-electron chi connectivity index (χ1n) is 21.3. The molecule has 8 aromatic rings. The maximum atomic E-state index is 13.6. The van der Waals surface area contributed by atoms with Crippen molar-refractivity contribution in [3.8, 4) is 27.6 Å². The monoisotopic (exact) mass is 890 g/mol. The van der Waals surface area contributed by atoms with Crippen LogP contribution in [0.25, 0.3) is 38.7 Å². The fourth-order valence-corrected chi connectivity index (χ4v) is 8.43. The van der Waals surface area contributed by atoms with Gasteiger partial charge in [0.25, 0.3) is 11.8 Å². The van der Waals surface area contributed by atoms with Crippen LogP contribution < -0.4 is 26.8 Å². The Morgan fingerprint density at radius 1 is 0.812 bits per heavy atom. The van der Waals surface area contributed by atoms with Gasteiger partial charge in [-0.3, -0.25) is 19.5 Å². The van der Waals surface area contributed by atoms with E-state index in [0.717, 1.165) is 72.8 Å². The number of carbonyl (C=O) groups is 2. The average molecular weight is 891 g/mol. The minimum atomic E-state index is -0.384. The number of rotatable bonds is 20. The first-order valence-corrected chi connectivity index (χ1v) is 23.1. The van der Waals surface area contributed by atoms with E-state index in [1.54, 1.807) is 29.9 Å². The van der Waals surface area contributed by atoms with E-state index in [4.69, 9.17) is 4.98 Å². The van der Waals surface area contributed by atoms with Gasteiger partial charge in [-0.05, 0) is 74.1 Å². The molecular formula is C47H46N12O3S2. The Bertz CT molecular complexity index is 2920. The number of amides is 2. The van der Waals surface area contributed by atoms with Gasteiger partial charge in [-0.1, -0.05) is 54.6 Å². The molecule has 0 unspecified atom stereocenters. The maximum absolute atomic E-state index is 13.6. The normalized spacial score (nSPS) is 12.6. The lowest BCUT2D eigenvalue weighted by Gasteiger charge is -2.09. The van der Waals surface area contributed by atoms with Gasteiger partial charge < -0.3 is 25.8 Å². The summed E-state index contributed by atoms with van der Waals surface area (Å²) < 4.78 is 3.45. The summed E-state index contributed by atoms with van der Waals surface area (Å²) in [5, 5.41) is 30.1. The fraction of sp³-hybridized carbons (Fsp3) is 0.234. The molecule has 0 atom stereocenters. The number of thiazole rings is 2. The summed E-state index contributed by atoms with van der Waals surface area (Å²) in [6.07, 6.45) is 10.2. The highest BCUT2D eigenvalue weighted by Crippen LogP contribution is 2.30. The molecule has 64 heavy (non-hydrogen) atoms. The maximum Gasteiger partial charge on any atom is 0.301 e. The number of fused-ring (bicyclic) bond motifs is 1. The second-order valence-electron chi connectivity index (χ2n) is 15.4. The van der Waals surface area contributed by atoms with E-state index in [9.17, 15) is 14.4 Å². The van der Waals surface area contributed by atoms with Crippen molar-refractivity contribution < 1.29 is 9.59 Å². The fourth-order valence-electron chi connectivity index (χ4n) is 7.19. The molecule has 324 valence electrons. The summed E-state index contributed by atoms with van der Waals surface area (Å²) in [6.45, 7) is 3.66. The second kappa shape index (κ2) is 20.0. The average Bonchev–Trinajstić information content (AvgIpc) is 3.68. The van der Waals surface area contributed by atoms with Gasteiger partial charge >= 0.3 is 5.56 Å². The molecule has 5 heterocycles. The first-order chi connectivity index (χ1) is 31.4. The zero-order chi connectivity index (χ0) is 43.7. The van der Waals surface area contributed by atoms with Crippen LogP contribution in [0, 0.1) is 0 Å². The van der Waals surface area contributed by atoms with Crippen LogP contribution in [-0.2, 0) is 13.0 Å². The van der Waals surface area contributed by atoms with Crippen molar-refractivity contribution >= 4 is 62.0 Å². The van der Waals surface area contributed by atoms with E-state index in [0.29, 0.717) is 45.9 Å². The van der Waals surface area contributed by atoms with Gasteiger partial charge in [-0.2, -0.15) is 4.68 Å². The number of aromatic amines is 1. The van der Waals surface area contributed by atoms with E-state index < -0.39 is 0 Å². The van der Waals surface area contributed by atoms with E-state index in [1.807, 2.05) is 66.2 Å². The third-order valence-corrected chi connectivity index (χ3v) is 12.3. The van der Waals surface area contributed by atoms with Crippen molar-refractivity contribution in [3.63, 3.8) is 0 Å². The van der Waals surface area contributed by atoms with E-state index in [1.165, 1.54) is 45.8 Å². The molecule has 2 amide bonds. The Labute approximate surface area is 376 Å². The van der Waals surface area contributed by atoms with Crippen LogP contribution in [0.15, 0.2) is 135 Å². The Kier molecular flexibility index (Phi) is 13.2. The van der Waals surface area contributed by atoms with E-state index in [-0.39, 0.29) is 23.1 Å². The van der Waals surface area contributed by atoms with Crippen molar-refractivity contribution in [2.45, 2.75) is 44.7 Å². The van der Waals surface area contributed by atoms with Gasteiger partial charge in [0.05, 0.1) is 17.0 Å². The molecule has 15 nitrogen and oxygen atoms in total. The van der Waals surface area contributed by atoms with Crippen LogP contribution in [0.4, 0.5) is 16.5 Å². The highest BCUT2D eigenvalue weighted by atomic mass is 32.1. The SMILES string of the molecule is O=C(NCCCCn1ccc2cc(C(=O)NCCc3ccc(NCCNC4CC4)cc3)cnc21)c1ccc(-c2csc(-n3[nH]c(-c4ccccc4)c(N=Nc4nccs4)c3=O)n2)cc1. The van der Waals surface area contributed by atoms with Crippen molar-refractivity contribution in [3.05, 3.63) is 147 Å². The lowest BCUT2D eigenvalue weighted by Crippen LogP contribution is -2.25. The Balaban J connectivity index is 0.723. The number of hydrogen-bond donors (Lipinski definition) is 5. The summed E-state index contributed by atoms with van der Waals surface area (Å²) in [5.41, 5.74) is 6.71. The molecule has 1 aliphatic carbocycles. The third-order valence-electron chi connectivity index (χ3n) is 10.8. The van der Waals surface area contributed by atoms with Gasteiger partial charge in [0.2, 0.25) is 10.3 Å². The minimum absolute atomic E-state index is 0.142. The Hall–Kier alpha value is -7.08. The number of carbonyl (C=O) groups excluding carboxylic acids is 2. The smallest absolute Gasteiger partial charge is 0.301 e. The number of aryl methyl sites for hydroxylation is 1. The predicted molar refractivity (Wildman–Crippen MR) is 253 cm³/mol. The van der Waals surface area contributed by atoms with Crippen molar-refractivity contribution in [2.24, 2.45) is 10.2 Å². The first kappa shape index (κ1) is 42.2. The number of benzene rings is 3. The van der Waals surface area contributed by atoms with Crippen molar-refractivity contribution in [1.82, 2.24) is 45.2 Å². The van der Waals surface area contributed by atoms with Crippen LogP contribution in [0.1, 0.15) is 52.0 Å². The molecule has 0 radical (unpaired) electrons. The van der Waals surface area contributed by atoms with Crippen LogP contribution in [-0.4, -0.2) is 73.3 Å². The highest BCUT2D eigenvalue weighted by molar-refractivity contribution is 7.13. The zero-order valence-electron chi connectivity index (χ0n) is 34.9. The third kappa shape index (κ3) is 10.4. The van der Waals surface area contributed by atoms with Crippen molar-refractivity contribution in [1.29, 1.82) is 0 Å². The summed E-state index contributed by atoms with van der Waals surface area (Å²) in [4.78, 5) is 53.1. The van der Waals surface area contributed by atoms with Crippen LogP contribution >= 0.6 is 22.7 Å². The van der Waals surface area contributed by atoms with Crippen molar-refractivity contribution in [2.75, 3.05) is 31.5 Å². The lowest BCUT2D eigenvalue weighted by molar-refractivity contribution is 0.0945. The molecule has 1 saturated carbocycles. The molecule has 0 spiro atoms. The summed E-state index contributed by atoms with van der Waals surface area (Å²) in [7, 11) is 0. The van der Waals surface area contributed by atoms with Crippen LogP contribution in [0.3, 0.4) is 0 Å². The molecule has 3 aromatic carbocycles. The van der Waals surface area contributed by atoms with Gasteiger partial charge in [0, 0.05) is 95.9 Å². The van der Waals surface area contributed by atoms with E-state index in [2.05, 4.69) is 75.4 Å². The largest absolute Gasteiger partial charge is 0.384 e. The van der Waals surface area contributed by atoms with Gasteiger partial charge in [-0.25, -0.2) is 15.0 Å². The van der Waals surface area contributed by atoms with Crippen LogP contribution in [0.5, 0.6) is 0 Å². The zero-order valence-corrected chi connectivity index (χ0v) is 36.5. The summed E-state index contributed by atoms with van der Waals surface area (Å²) in [5.74, 6) is -0.301. The van der Waals surface area contributed by atoms with E-state index >= 15 is 0 Å². The number of unbranched alkanes of at least 4 members (excludes halogenated alkanes) is 1. The number of anilines is 1. The quantitative estimate of drug-likeness (QED) is 0.0372. The summed E-state index contributed by atoms with van der Waals surface area (Å²) >= 11 is 2.64. The standard InChI is InChI=1S/C47H46N12O3S2/c60-43(34-12-10-32(11-13-34)39-30-64-47(54-39)59-45(62)41(55-56-46-52-24-27-63-46)40(57-59)33-6-2-1-3-7-33)50-20-4-5-25-58-26-19-35-28-36(29-53-42(35)58)44(61)51-21-18-31-8-14-37(15-9-31)48-22-23-49-38-16-17-38/h1-3,6-15,19,24,26-30,38,48-49,57H,4-5,16-18,20-23,25H2,(H,50,60)(H,51,61). The Morgan fingerprint density at radius 3 is 2.42 bits per heavy atom. The number of aromatic nitrogens is 6. The van der Waals surface area contributed by atoms with Gasteiger partial charge in [-0.15, -0.1) is 32.9 Å². The number of nitrogens with zero attached hydrogens (tertiary/aromatic N) is 7. The molecule has 5 aromatic heterocycles. The number of nitrogens with one attached hydrogen (secondary N) is 5. The topological polar surface area (TPSA) is 188 Å². The molecule has 0 aliphatic heterocycles. The number of hydrogen-bond acceptors (Lipinski definition) is 12. The molecule has 9 rings (SSSR count). The summed E-state index contributed by atoms with van der Waals surface area (Å²) in [6, 6.07) is 29.6. The number of pyridine rings is 1. The molecule has 0 saturated heterocycles.